The van der Waals surface area contributed by atoms with Crippen LogP contribution in [-0.4, -0.2) is 80.4 Å². The Morgan fingerprint density at radius 3 is 2.29 bits per heavy atom. The van der Waals surface area contributed by atoms with Gasteiger partial charge in [-0.05, 0) is 30.0 Å². The molecule has 2 aliphatic heterocycles. The van der Waals surface area contributed by atoms with Crippen LogP contribution in [0.25, 0.3) is 0 Å². The molecule has 28 heavy (non-hydrogen) atoms. The van der Waals surface area contributed by atoms with E-state index in [4.69, 9.17) is 4.74 Å². The van der Waals surface area contributed by atoms with Crippen LogP contribution in [0.4, 0.5) is 4.79 Å². The number of rotatable bonds is 6. The van der Waals surface area contributed by atoms with Gasteiger partial charge in [0.25, 0.3) is 0 Å². The Balaban J connectivity index is 1.57. The standard InChI is InChI=1S/C19H27N3O5S/c1-3-15(2)16-4-6-17(7-5-16)28(25,26)21-10-8-20(9-11-21)14-18(23)22-12-13-27-19(22)24/h4-7,15H,3,8-14H2,1-2H3/t15-/m1/s1. The summed E-state index contributed by atoms with van der Waals surface area (Å²) in [6.45, 7) is 6.33. The number of amides is 2. The van der Waals surface area contributed by atoms with Gasteiger partial charge in [-0.25, -0.2) is 18.1 Å². The van der Waals surface area contributed by atoms with E-state index in [-0.39, 0.29) is 25.6 Å². The monoisotopic (exact) mass is 409 g/mol. The summed E-state index contributed by atoms with van der Waals surface area (Å²) in [6.07, 6.45) is 0.397. The van der Waals surface area contributed by atoms with Gasteiger partial charge in [-0.2, -0.15) is 4.31 Å². The second-order valence-electron chi connectivity index (χ2n) is 7.22. The molecule has 2 saturated heterocycles. The normalized spacial score (nSPS) is 20.2. The van der Waals surface area contributed by atoms with Gasteiger partial charge in [0, 0.05) is 26.2 Å². The van der Waals surface area contributed by atoms with Crippen molar-refractivity contribution in [1.29, 1.82) is 0 Å². The number of ether oxygens (including phenoxy) is 1. The van der Waals surface area contributed by atoms with Crippen molar-refractivity contribution >= 4 is 22.0 Å². The molecule has 2 fully saturated rings. The van der Waals surface area contributed by atoms with Gasteiger partial charge in [-0.15, -0.1) is 0 Å². The van der Waals surface area contributed by atoms with Crippen LogP contribution in [0.5, 0.6) is 0 Å². The van der Waals surface area contributed by atoms with Crippen LogP contribution in [0.15, 0.2) is 29.2 Å². The second kappa shape index (κ2) is 8.59. The molecule has 154 valence electrons. The number of imide groups is 1. The summed E-state index contributed by atoms with van der Waals surface area (Å²) in [6, 6.07) is 7.10. The maximum absolute atomic E-state index is 12.9. The topological polar surface area (TPSA) is 87.2 Å². The van der Waals surface area contributed by atoms with E-state index in [1.165, 1.54) is 4.31 Å². The highest BCUT2D eigenvalue weighted by Gasteiger charge is 2.32. The average Bonchev–Trinajstić information content (AvgIpc) is 3.14. The number of cyclic esters (lactones) is 1. The van der Waals surface area contributed by atoms with Crippen molar-refractivity contribution in [3.8, 4) is 0 Å². The van der Waals surface area contributed by atoms with E-state index in [0.717, 1.165) is 16.9 Å². The fraction of sp³-hybridized carbons (Fsp3) is 0.579. The first-order valence-corrected chi connectivity index (χ1v) is 11.1. The Morgan fingerprint density at radius 1 is 1.11 bits per heavy atom. The van der Waals surface area contributed by atoms with Crippen LogP contribution in [0, 0.1) is 0 Å². The molecule has 2 aliphatic rings. The average molecular weight is 410 g/mol. The molecule has 3 rings (SSSR count). The van der Waals surface area contributed by atoms with Gasteiger partial charge >= 0.3 is 6.09 Å². The number of sulfonamides is 1. The van der Waals surface area contributed by atoms with Crippen LogP contribution < -0.4 is 0 Å². The zero-order valence-electron chi connectivity index (χ0n) is 16.3. The molecule has 0 aliphatic carbocycles. The third-order valence-electron chi connectivity index (χ3n) is 5.45. The summed E-state index contributed by atoms with van der Waals surface area (Å²) >= 11 is 0. The second-order valence-corrected chi connectivity index (χ2v) is 9.16. The van der Waals surface area contributed by atoms with Crippen LogP contribution >= 0.6 is 0 Å². The molecule has 2 amide bonds. The lowest BCUT2D eigenvalue weighted by Gasteiger charge is -2.33. The van der Waals surface area contributed by atoms with Gasteiger partial charge in [0.05, 0.1) is 18.0 Å². The summed E-state index contributed by atoms with van der Waals surface area (Å²) in [5.74, 6) is 0.0881. The molecule has 9 heteroatoms. The predicted octanol–water partition coefficient (Wildman–Crippen LogP) is 1.49. The highest BCUT2D eigenvalue weighted by Crippen LogP contribution is 2.23. The zero-order chi connectivity index (χ0) is 20.3. The van der Waals surface area contributed by atoms with E-state index in [2.05, 4.69) is 13.8 Å². The molecule has 0 radical (unpaired) electrons. The molecule has 0 N–H and O–H groups in total. The molecule has 0 aromatic heterocycles. The Kier molecular flexibility index (Phi) is 6.36. The molecular weight excluding hydrogens is 382 g/mol. The maximum atomic E-state index is 12.9. The van der Waals surface area contributed by atoms with Gasteiger partial charge in [0.15, 0.2) is 0 Å². The quantitative estimate of drug-likeness (QED) is 0.707. The van der Waals surface area contributed by atoms with E-state index < -0.39 is 16.1 Å². The molecule has 1 aromatic rings. The highest BCUT2D eigenvalue weighted by atomic mass is 32.2. The minimum atomic E-state index is -3.55. The van der Waals surface area contributed by atoms with Gasteiger partial charge < -0.3 is 4.74 Å². The predicted molar refractivity (Wildman–Crippen MR) is 103 cm³/mol. The molecule has 8 nitrogen and oxygen atoms in total. The first kappa shape index (κ1) is 20.8. The Labute approximate surface area is 166 Å². The lowest BCUT2D eigenvalue weighted by Crippen LogP contribution is -2.51. The zero-order valence-corrected chi connectivity index (χ0v) is 17.2. The summed E-state index contributed by atoms with van der Waals surface area (Å²) in [5.41, 5.74) is 1.13. The van der Waals surface area contributed by atoms with E-state index in [1.807, 2.05) is 17.0 Å². The Hall–Kier alpha value is -1.97. The van der Waals surface area contributed by atoms with E-state index in [0.29, 0.717) is 37.0 Å². The minimum absolute atomic E-state index is 0.0899. The molecule has 0 unspecified atom stereocenters. The van der Waals surface area contributed by atoms with Crippen molar-refractivity contribution in [3.05, 3.63) is 29.8 Å². The number of carbonyl (C=O) groups is 2. The molecular formula is C19H27N3O5S. The minimum Gasteiger partial charge on any atom is -0.447 e. The van der Waals surface area contributed by atoms with Gasteiger partial charge in [-0.1, -0.05) is 26.0 Å². The third-order valence-corrected chi connectivity index (χ3v) is 7.36. The first-order chi connectivity index (χ1) is 13.3. The number of hydrogen-bond acceptors (Lipinski definition) is 6. The summed E-state index contributed by atoms with van der Waals surface area (Å²) in [5, 5.41) is 0. The molecule has 0 spiro atoms. The van der Waals surface area contributed by atoms with Gasteiger partial charge in [0.1, 0.15) is 6.61 Å². The molecule has 1 aromatic carbocycles. The third kappa shape index (κ3) is 4.37. The van der Waals surface area contributed by atoms with Crippen molar-refractivity contribution < 1.29 is 22.7 Å². The SMILES string of the molecule is CC[C@@H](C)c1ccc(S(=O)(=O)N2CCN(CC(=O)N3CCOC3=O)CC2)cc1. The maximum Gasteiger partial charge on any atom is 0.416 e. The largest absolute Gasteiger partial charge is 0.447 e. The molecule has 2 heterocycles. The Bertz CT molecular complexity index is 816. The van der Waals surface area contributed by atoms with Crippen LogP contribution in [0.2, 0.25) is 0 Å². The smallest absolute Gasteiger partial charge is 0.416 e. The van der Waals surface area contributed by atoms with Gasteiger partial charge in [-0.3, -0.25) is 9.69 Å². The fourth-order valence-corrected chi connectivity index (χ4v) is 4.80. The number of hydrogen-bond donors (Lipinski definition) is 0. The molecule has 0 saturated carbocycles. The van der Waals surface area contributed by atoms with Crippen molar-refractivity contribution in [3.63, 3.8) is 0 Å². The highest BCUT2D eigenvalue weighted by molar-refractivity contribution is 7.89. The summed E-state index contributed by atoms with van der Waals surface area (Å²) in [7, 11) is -3.55. The fourth-order valence-electron chi connectivity index (χ4n) is 3.38. The first-order valence-electron chi connectivity index (χ1n) is 9.62. The van der Waals surface area contributed by atoms with Crippen molar-refractivity contribution in [2.75, 3.05) is 45.9 Å². The number of nitrogens with zero attached hydrogens (tertiary/aromatic N) is 3. The van der Waals surface area contributed by atoms with Crippen LogP contribution in [0.3, 0.4) is 0 Å². The molecule has 1 atom stereocenters. The Morgan fingerprint density at radius 2 is 1.75 bits per heavy atom. The summed E-state index contributed by atoms with van der Waals surface area (Å²) in [4.78, 5) is 26.9. The van der Waals surface area contributed by atoms with Crippen molar-refractivity contribution in [2.24, 2.45) is 0 Å². The lowest BCUT2D eigenvalue weighted by atomic mass is 9.99. The lowest BCUT2D eigenvalue weighted by molar-refractivity contribution is -0.129. The van der Waals surface area contributed by atoms with Gasteiger partial charge in [0.2, 0.25) is 15.9 Å². The number of piperazine rings is 1. The van der Waals surface area contributed by atoms with Crippen LogP contribution in [0.1, 0.15) is 31.7 Å². The summed E-state index contributed by atoms with van der Waals surface area (Å²) < 4.78 is 32.0. The molecule has 0 bridgehead atoms. The van der Waals surface area contributed by atoms with E-state index >= 15 is 0 Å². The van der Waals surface area contributed by atoms with Crippen LogP contribution in [-0.2, 0) is 19.6 Å². The number of carbonyl (C=O) groups excluding carboxylic acids is 2. The van der Waals surface area contributed by atoms with E-state index in [1.54, 1.807) is 12.1 Å². The van der Waals surface area contributed by atoms with E-state index in [9.17, 15) is 18.0 Å². The van der Waals surface area contributed by atoms with Crippen molar-refractivity contribution in [1.82, 2.24) is 14.1 Å². The number of benzene rings is 1. The van der Waals surface area contributed by atoms with Crippen molar-refractivity contribution in [2.45, 2.75) is 31.1 Å².